The maximum absolute atomic E-state index is 13.1. The molecule has 0 aromatic carbocycles. The van der Waals surface area contributed by atoms with Crippen LogP contribution < -0.4 is 16.3 Å². The van der Waals surface area contributed by atoms with Crippen LogP contribution >= 0.6 is 0 Å². The standard InChI is InChI=1S/C29H37N3O.C5H8N2.3C2H6/c1-6-8-17-29(19-27(29)22(4)31)28(33)14-9-12-24(11-7-2)21(3)25-13-10-18-32-23(5)26(20-30)16-15-25;1-4-3-5(2)7-6-4;3*1-2/h7,9-13,15-16,18,20,27,31-32H,2-3,5-6,8,14,17,19,30H2,1,4H3;3H,1-2H3,(H,6,7);3*1-2H3/b12-9+,16-15?,18-10?,24-11+,25-13?,26-20-,31-22?;;;;. The summed E-state index contributed by atoms with van der Waals surface area (Å²) in [6.07, 6.45) is 14.9. The molecule has 3 rings (SSSR count). The quantitative estimate of drug-likeness (QED) is 0.147. The Morgan fingerprint density at radius 2 is 1.80 bits per heavy atom. The lowest BCUT2D eigenvalue weighted by molar-refractivity contribution is -0.123. The van der Waals surface area contributed by atoms with Crippen molar-refractivity contribution in [2.45, 2.75) is 101 Å². The smallest absolute Gasteiger partial charge is 0.143 e. The first-order valence-corrected chi connectivity index (χ1v) is 16.8. The van der Waals surface area contributed by atoms with E-state index in [1.165, 1.54) is 6.20 Å². The maximum atomic E-state index is 13.1. The normalized spacial score (nSPS) is 16.4. The Hall–Kier alpha value is -4.19. The summed E-state index contributed by atoms with van der Waals surface area (Å²) in [6, 6.07) is 9.68. The van der Waals surface area contributed by atoms with Crippen LogP contribution in [0.25, 0.3) is 18.4 Å². The minimum atomic E-state index is -0.334. The van der Waals surface area contributed by atoms with Crippen LogP contribution in [-0.2, 0) is 4.79 Å². The number of carbonyl (C=O) groups excluding carboxylic acids is 1. The molecule has 2 aromatic heterocycles. The predicted octanol–water partition coefficient (Wildman–Crippen LogP) is 9.23. The Bertz CT molecular complexity index is 1420. The Labute approximate surface area is 280 Å². The van der Waals surface area contributed by atoms with Gasteiger partial charge in [0.15, 0.2) is 0 Å². The third-order valence-corrected chi connectivity index (χ3v) is 7.16. The van der Waals surface area contributed by atoms with Gasteiger partial charge in [0.2, 0.25) is 0 Å². The van der Waals surface area contributed by atoms with E-state index in [0.717, 1.165) is 59.0 Å². The second-order valence-electron chi connectivity index (χ2n) is 10.3. The first-order chi connectivity index (χ1) is 22.1. The molecule has 2 aromatic rings. The highest BCUT2D eigenvalue weighted by Gasteiger charge is 2.58. The monoisotopic (exact) mass is 630 g/mol. The molecule has 46 heavy (non-hydrogen) atoms. The molecule has 0 amide bonds. The van der Waals surface area contributed by atoms with Crippen LogP contribution in [0.2, 0.25) is 0 Å². The number of rotatable bonds is 11. The van der Waals surface area contributed by atoms with E-state index in [9.17, 15) is 4.79 Å². The summed E-state index contributed by atoms with van der Waals surface area (Å²) in [4.78, 5) is 16.2. The number of allylic oxidation sites excluding steroid dienone is 6. The average Bonchev–Trinajstić information content (AvgIpc) is 3.68. The molecule has 2 unspecified atom stereocenters. The molecule has 0 aliphatic heterocycles. The number of Topliss-reactive ketones (excluding diaryl/α,β-unsaturated/α-hetero) is 1. The van der Waals surface area contributed by atoms with Crippen LogP contribution in [0.15, 0.2) is 79.6 Å². The Morgan fingerprint density at radius 1 is 1.15 bits per heavy atom. The predicted molar refractivity (Wildman–Crippen MR) is 203 cm³/mol. The summed E-state index contributed by atoms with van der Waals surface area (Å²) < 4.78 is 0. The van der Waals surface area contributed by atoms with Crippen LogP contribution in [0, 0.1) is 30.6 Å². The Balaban J connectivity index is 0. The maximum Gasteiger partial charge on any atom is 0.143 e. The third-order valence-electron chi connectivity index (χ3n) is 7.16. The van der Waals surface area contributed by atoms with E-state index in [0.29, 0.717) is 17.5 Å². The van der Waals surface area contributed by atoms with E-state index in [2.05, 4.69) is 41.8 Å². The van der Waals surface area contributed by atoms with Gasteiger partial charge in [-0.3, -0.25) is 9.89 Å². The van der Waals surface area contributed by atoms with Gasteiger partial charge in [-0.15, -0.1) is 0 Å². The lowest BCUT2D eigenvalue weighted by Gasteiger charge is -2.15. The number of aryl methyl sites for hydroxylation is 2. The van der Waals surface area contributed by atoms with Crippen LogP contribution in [0.5, 0.6) is 0 Å². The number of hydrogen-bond donors (Lipinski definition) is 4. The number of aromatic nitrogens is 3. The van der Waals surface area contributed by atoms with Crippen LogP contribution in [-0.4, -0.2) is 26.7 Å². The van der Waals surface area contributed by atoms with Crippen molar-refractivity contribution in [1.29, 1.82) is 5.41 Å². The highest BCUT2D eigenvalue weighted by Crippen LogP contribution is 2.57. The number of nitrogens with two attached hydrogens (primary N) is 1. The van der Waals surface area contributed by atoms with E-state index in [4.69, 9.17) is 11.1 Å². The van der Waals surface area contributed by atoms with Gasteiger partial charge in [0.25, 0.3) is 0 Å². The topological polar surface area (TPSA) is 111 Å². The first kappa shape index (κ1) is 43.9. The molecule has 0 saturated heterocycles. The molecule has 5 N–H and O–H groups in total. The van der Waals surface area contributed by atoms with Gasteiger partial charge in [0.1, 0.15) is 5.78 Å². The SMILES string of the molecule is C=C/C=C(\C=C\CC(=O)C1(CCCC)CC1C(C)=N)C(=C)c1ccc[nH]c(=C)/c(=C\N)cc1.CC.CC.CC.Cc1cc(C)[nH]n1. The van der Waals surface area contributed by atoms with Gasteiger partial charge in [-0.2, -0.15) is 5.10 Å². The first-order valence-electron chi connectivity index (χ1n) is 16.8. The molecule has 0 spiro atoms. The van der Waals surface area contributed by atoms with Crippen molar-refractivity contribution in [3.8, 4) is 0 Å². The van der Waals surface area contributed by atoms with Gasteiger partial charge in [0, 0.05) is 52.1 Å². The van der Waals surface area contributed by atoms with Gasteiger partial charge in [0.05, 0.1) is 5.69 Å². The zero-order valence-electron chi connectivity index (χ0n) is 30.5. The fourth-order valence-electron chi connectivity index (χ4n) is 4.77. The molecule has 6 heteroatoms. The number of ketones is 1. The molecule has 6 nitrogen and oxygen atoms in total. The van der Waals surface area contributed by atoms with Crippen molar-refractivity contribution in [2.75, 3.05) is 0 Å². The fraction of sp³-hybridized carbons (Fsp3) is 0.425. The molecule has 0 radical (unpaired) electrons. The summed E-state index contributed by atoms with van der Waals surface area (Å²) in [5, 5.41) is 16.2. The highest BCUT2D eigenvalue weighted by molar-refractivity contribution is 5.98. The van der Waals surface area contributed by atoms with Gasteiger partial charge in [-0.05, 0) is 62.5 Å². The molecule has 2 atom stereocenters. The lowest BCUT2D eigenvalue weighted by atomic mass is 9.88. The summed E-state index contributed by atoms with van der Waals surface area (Å²) in [6.45, 7) is 32.0. The molecule has 1 saturated carbocycles. The second-order valence-corrected chi connectivity index (χ2v) is 10.3. The van der Waals surface area contributed by atoms with Crippen molar-refractivity contribution in [3.63, 3.8) is 0 Å². The summed E-state index contributed by atoms with van der Waals surface area (Å²) >= 11 is 0. The van der Waals surface area contributed by atoms with Gasteiger partial charge < -0.3 is 16.1 Å². The Morgan fingerprint density at radius 3 is 2.26 bits per heavy atom. The number of hydrogen-bond acceptors (Lipinski definition) is 4. The molecular formula is C40H63N5O. The van der Waals surface area contributed by atoms with E-state index in [-0.39, 0.29) is 17.1 Å². The summed E-state index contributed by atoms with van der Waals surface area (Å²) in [7, 11) is 0. The number of nitrogens with one attached hydrogen (secondary N) is 3. The van der Waals surface area contributed by atoms with Gasteiger partial charge >= 0.3 is 0 Å². The van der Waals surface area contributed by atoms with Crippen LogP contribution in [0.1, 0.15) is 104 Å². The molecule has 1 fully saturated rings. The van der Waals surface area contributed by atoms with E-state index < -0.39 is 0 Å². The van der Waals surface area contributed by atoms with Gasteiger partial charge in [-0.25, -0.2) is 0 Å². The molecule has 254 valence electrons. The van der Waals surface area contributed by atoms with E-state index in [1.54, 1.807) is 12.3 Å². The number of unbranched alkanes of at least 4 members (excludes halogenated alkanes) is 1. The van der Waals surface area contributed by atoms with Crippen LogP contribution in [0.3, 0.4) is 0 Å². The molecular weight excluding hydrogens is 566 g/mol. The van der Waals surface area contributed by atoms with Crippen molar-refractivity contribution < 1.29 is 4.79 Å². The highest BCUT2D eigenvalue weighted by atomic mass is 16.1. The molecule has 2 heterocycles. The average molecular weight is 630 g/mol. The molecule has 0 bridgehead atoms. The second kappa shape index (κ2) is 25.1. The van der Waals surface area contributed by atoms with E-state index >= 15 is 0 Å². The van der Waals surface area contributed by atoms with Crippen molar-refractivity contribution in [2.24, 2.45) is 17.1 Å². The fourth-order valence-corrected chi connectivity index (χ4v) is 4.77. The largest absolute Gasteiger partial charge is 0.404 e. The van der Waals surface area contributed by atoms with Crippen molar-refractivity contribution >= 4 is 29.8 Å². The zero-order valence-corrected chi connectivity index (χ0v) is 30.5. The number of nitrogens with zero attached hydrogens (tertiary/aromatic N) is 1. The minimum Gasteiger partial charge on any atom is -0.404 e. The van der Waals surface area contributed by atoms with Crippen molar-refractivity contribution in [1.82, 2.24) is 15.2 Å². The number of carbonyl (C=O) groups is 1. The summed E-state index contributed by atoms with van der Waals surface area (Å²) in [5.41, 5.74) is 10.8. The Kier molecular flexibility index (Phi) is 23.9. The zero-order chi connectivity index (χ0) is 35.7. The van der Waals surface area contributed by atoms with E-state index in [1.807, 2.05) is 111 Å². The number of aromatic amines is 2. The third kappa shape index (κ3) is 14.7. The summed E-state index contributed by atoms with van der Waals surface area (Å²) in [5.74, 6) is 0.344. The molecule has 1 aliphatic carbocycles. The number of H-pyrrole nitrogens is 2. The van der Waals surface area contributed by atoms with Crippen molar-refractivity contribution in [3.05, 3.63) is 107 Å². The molecule has 1 aliphatic rings. The van der Waals surface area contributed by atoms with Gasteiger partial charge in [-0.1, -0.05) is 124 Å². The lowest BCUT2D eigenvalue weighted by Crippen LogP contribution is -2.25. The minimum absolute atomic E-state index is 0.109. The van der Waals surface area contributed by atoms with Crippen LogP contribution in [0.4, 0.5) is 0 Å².